The Morgan fingerprint density at radius 2 is 1.79 bits per heavy atom. The number of alkyl halides is 2. The van der Waals surface area contributed by atoms with E-state index in [1.165, 1.54) is 12.4 Å². The largest absolute Gasteiger partial charge is 0.361 e. The zero-order valence-electron chi connectivity index (χ0n) is 17.9. The Morgan fingerprint density at radius 3 is 2.42 bits per heavy atom. The van der Waals surface area contributed by atoms with Crippen molar-refractivity contribution in [1.82, 2.24) is 24.5 Å². The van der Waals surface area contributed by atoms with Crippen LogP contribution in [0.5, 0.6) is 0 Å². The van der Waals surface area contributed by atoms with E-state index < -0.39 is 11.9 Å². The van der Waals surface area contributed by atoms with Crippen molar-refractivity contribution in [1.29, 1.82) is 0 Å². The molecule has 33 heavy (non-hydrogen) atoms. The quantitative estimate of drug-likeness (QED) is 0.377. The summed E-state index contributed by atoms with van der Waals surface area (Å²) in [5.41, 5.74) is 5.22. The standard InChI is InChI=1S/C23H17B2F2N5O/c1-13-20(14(2)33-30-13)15-8-19-21(28-9-15)18(16-10-29-32(11-16)22(26)27)12-31(19)23(24,25)17-6-4-3-5-7-17/h3-12,22H,1-2H3. The van der Waals surface area contributed by atoms with Gasteiger partial charge in [0.15, 0.2) is 0 Å². The van der Waals surface area contributed by atoms with E-state index in [-0.39, 0.29) is 0 Å². The average Bonchev–Trinajstić information content (AvgIpc) is 3.51. The summed E-state index contributed by atoms with van der Waals surface area (Å²) in [5.74, 6) is 0.653. The van der Waals surface area contributed by atoms with Crippen molar-refractivity contribution in [3.63, 3.8) is 0 Å². The zero-order valence-corrected chi connectivity index (χ0v) is 17.9. The third-order valence-corrected chi connectivity index (χ3v) is 5.71. The molecule has 0 saturated heterocycles. The highest BCUT2D eigenvalue weighted by Gasteiger charge is 2.27. The first-order valence-electron chi connectivity index (χ1n) is 10.2. The topological polar surface area (TPSA) is 61.7 Å². The average molecular weight is 439 g/mol. The van der Waals surface area contributed by atoms with Crippen LogP contribution in [0.3, 0.4) is 0 Å². The number of hydrogen-bond acceptors (Lipinski definition) is 4. The number of aryl methyl sites for hydroxylation is 2. The minimum atomic E-state index is -2.75. The van der Waals surface area contributed by atoms with Gasteiger partial charge >= 0.3 is 6.55 Å². The summed E-state index contributed by atoms with van der Waals surface area (Å²) >= 11 is 0. The molecule has 0 amide bonds. The molecule has 0 spiro atoms. The molecule has 0 N–H and O–H groups in total. The molecule has 0 atom stereocenters. The van der Waals surface area contributed by atoms with Crippen molar-refractivity contribution in [3.05, 3.63) is 78.2 Å². The van der Waals surface area contributed by atoms with E-state index >= 15 is 0 Å². The molecule has 6 nitrogen and oxygen atoms in total. The van der Waals surface area contributed by atoms with Gasteiger partial charge < -0.3 is 9.09 Å². The summed E-state index contributed by atoms with van der Waals surface area (Å²) in [7, 11) is 13.3. The molecule has 0 fully saturated rings. The maximum atomic E-state index is 13.1. The van der Waals surface area contributed by atoms with Crippen LogP contribution in [-0.2, 0) is 5.34 Å². The fourth-order valence-electron chi connectivity index (χ4n) is 4.08. The van der Waals surface area contributed by atoms with Crippen LogP contribution in [0.2, 0.25) is 0 Å². The summed E-state index contributed by atoms with van der Waals surface area (Å²) in [5, 5.41) is 6.34. The van der Waals surface area contributed by atoms with Crippen LogP contribution >= 0.6 is 0 Å². The SMILES string of the molecule is [B]C([B])(c1ccccc1)n1cc(-c2cnn(C(F)F)c2)c2ncc(-c3c(C)noc3C)cc21. The molecule has 0 aliphatic rings. The van der Waals surface area contributed by atoms with Crippen molar-refractivity contribution in [2.24, 2.45) is 0 Å². The Morgan fingerprint density at radius 1 is 1.03 bits per heavy atom. The van der Waals surface area contributed by atoms with Gasteiger partial charge in [-0.1, -0.05) is 35.5 Å². The molecular formula is C23H17B2F2N5O. The highest BCUT2D eigenvalue weighted by Crippen LogP contribution is 2.37. The van der Waals surface area contributed by atoms with Crippen LogP contribution in [-0.4, -0.2) is 40.2 Å². The molecule has 5 rings (SSSR count). The molecule has 4 radical (unpaired) electrons. The van der Waals surface area contributed by atoms with Crippen molar-refractivity contribution < 1.29 is 13.3 Å². The van der Waals surface area contributed by atoms with Gasteiger partial charge in [-0.05, 0) is 30.8 Å². The van der Waals surface area contributed by atoms with Crippen molar-refractivity contribution in [2.75, 3.05) is 0 Å². The lowest BCUT2D eigenvalue weighted by atomic mass is 9.58. The van der Waals surface area contributed by atoms with Crippen LogP contribution in [0.4, 0.5) is 8.78 Å². The first kappa shape index (κ1) is 21.2. The number of rotatable bonds is 5. The van der Waals surface area contributed by atoms with Gasteiger partial charge in [0.2, 0.25) is 0 Å². The van der Waals surface area contributed by atoms with Crippen molar-refractivity contribution >= 4 is 26.7 Å². The maximum Gasteiger partial charge on any atom is 0.333 e. The first-order valence-corrected chi connectivity index (χ1v) is 10.2. The van der Waals surface area contributed by atoms with Gasteiger partial charge in [-0.15, -0.1) is 0 Å². The van der Waals surface area contributed by atoms with E-state index in [4.69, 9.17) is 20.2 Å². The number of benzene rings is 1. The number of nitrogens with zero attached hydrogens (tertiary/aromatic N) is 5. The molecule has 0 aliphatic heterocycles. The third kappa shape index (κ3) is 3.46. The van der Waals surface area contributed by atoms with Crippen LogP contribution in [0.25, 0.3) is 33.3 Å². The predicted molar refractivity (Wildman–Crippen MR) is 122 cm³/mol. The number of halogens is 2. The molecule has 160 valence electrons. The van der Waals surface area contributed by atoms with Gasteiger partial charge in [-0.25, -0.2) is 4.68 Å². The Kier molecular flexibility index (Phi) is 4.96. The van der Waals surface area contributed by atoms with Crippen LogP contribution in [0.1, 0.15) is 23.6 Å². The predicted octanol–water partition coefficient (Wildman–Crippen LogP) is 4.56. The molecule has 0 unspecified atom stereocenters. The second-order valence-electron chi connectivity index (χ2n) is 7.88. The van der Waals surface area contributed by atoms with Crippen LogP contribution < -0.4 is 0 Å². The molecule has 10 heteroatoms. The lowest BCUT2D eigenvalue weighted by molar-refractivity contribution is 0.0566. The molecule has 5 aromatic rings. The molecular weight excluding hydrogens is 422 g/mol. The number of fused-ring (bicyclic) bond motifs is 1. The fourth-order valence-corrected chi connectivity index (χ4v) is 4.08. The monoisotopic (exact) mass is 439 g/mol. The van der Waals surface area contributed by atoms with Gasteiger partial charge in [-0.2, -0.15) is 13.9 Å². The molecule has 0 saturated carbocycles. The Hall–Kier alpha value is -3.68. The molecule has 4 heterocycles. The van der Waals surface area contributed by atoms with Crippen LogP contribution in [0.15, 0.2) is 65.7 Å². The van der Waals surface area contributed by atoms with Gasteiger partial charge in [0.25, 0.3) is 0 Å². The smallest absolute Gasteiger partial charge is 0.333 e. The van der Waals surface area contributed by atoms with E-state index in [1.54, 1.807) is 17.0 Å². The Balaban J connectivity index is 1.77. The summed E-state index contributed by atoms with van der Waals surface area (Å²) in [6.45, 7) is 0.918. The highest BCUT2D eigenvalue weighted by molar-refractivity contribution is 6.40. The van der Waals surface area contributed by atoms with Crippen molar-refractivity contribution in [3.8, 4) is 22.3 Å². The van der Waals surface area contributed by atoms with Crippen LogP contribution in [0, 0.1) is 13.8 Å². The van der Waals surface area contributed by atoms with E-state index in [1.807, 2.05) is 50.2 Å². The maximum absolute atomic E-state index is 13.1. The first-order chi connectivity index (χ1) is 15.8. The summed E-state index contributed by atoms with van der Waals surface area (Å²) in [6, 6.07) is 11.1. The van der Waals surface area contributed by atoms with E-state index in [0.717, 1.165) is 16.8 Å². The normalized spacial score (nSPS) is 12.2. The molecule has 0 aliphatic carbocycles. The van der Waals surface area contributed by atoms with Gasteiger partial charge in [0.05, 0.1) is 38.6 Å². The molecule has 0 bridgehead atoms. The van der Waals surface area contributed by atoms with Crippen molar-refractivity contribution in [2.45, 2.75) is 25.7 Å². The van der Waals surface area contributed by atoms with Gasteiger partial charge in [0, 0.05) is 40.8 Å². The van der Waals surface area contributed by atoms with Gasteiger partial charge in [0.1, 0.15) is 5.76 Å². The fraction of sp³-hybridized carbons (Fsp3) is 0.174. The molecule has 4 aromatic heterocycles. The number of aromatic nitrogens is 5. The van der Waals surface area contributed by atoms with E-state index in [9.17, 15) is 8.78 Å². The minimum absolute atomic E-state index is 0.473. The second-order valence-corrected chi connectivity index (χ2v) is 7.88. The summed E-state index contributed by atoms with van der Waals surface area (Å²) in [4.78, 5) is 4.65. The second kappa shape index (κ2) is 7.72. The van der Waals surface area contributed by atoms with Gasteiger partial charge in [-0.3, -0.25) is 4.98 Å². The zero-order chi connectivity index (χ0) is 23.3. The summed E-state index contributed by atoms with van der Waals surface area (Å²) in [6.07, 6.45) is 6.04. The van der Waals surface area contributed by atoms with E-state index in [2.05, 4.69) is 15.2 Å². The third-order valence-electron chi connectivity index (χ3n) is 5.71. The summed E-state index contributed by atoms with van der Waals surface area (Å²) < 4.78 is 33.9. The Labute approximate surface area is 191 Å². The lowest BCUT2D eigenvalue weighted by Gasteiger charge is -2.30. The molecule has 1 aromatic carbocycles. The lowest BCUT2D eigenvalue weighted by Crippen LogP contribution is -2.35. The number of hydrogen-bond donors (Lipinski definition) is 0. The highest BCUT2D eigenvalue weighted by atomic mass is 19.3. The minimum Gasteiger partial charge on any atom is -0.361 e. The van der Waals surface area contributed by atoms with E-state index in [0.29, 0.717) is 38.2 Å². The Bertz CT molecular complexity index is 1440. The number of pyridine rings is 1.